The molecule has 5 nitrogen and oxygen atoms in total. The molecule has 2 heterocycles. The summed E-state index contributed by atoms with van der Waals surface area (Å²) in [5, 5.41) is 6.17. The minimum Gasteiger partial charge on any atom is -0.301 e. The fourth-order valence-corrected chi connectivity index (χ4v) is 3.01. The first-order chi connectivity index (χ1) is 10.8. The number of amides is 1. The molecule has 22 heavy (non-hydrogen) atoms. The third kappa shape index (κ3) is 3.54. The number of likely N-dealkylation sites (N-methyl/N-ethyl adjacent to an activating group) is 1. The van der Waals surface area contributed by atoms with Gasteiger partial charge in [-0.3, -0.25) is 9.69 Å². The summed E-state index contributed by atoms with van der Waals surface area (Å²) in [6, 6.07) is 10.1. The fraction of sp³-hybridized carbons (Fsp3) is 0.529. The van der Waals surface area contributed by atoms with Gasteiger partial charge in [0.2, 0.25) is 0 Å². The SMILES string of the molecule is CCN1CCN(CC(=O)N2CCC(c3ccccc3)=N2)CC1. The van der Waals surface area contributed by atoms with Gasteiger partial charge in [-0.05, 0) is 12.1 Å². The predicted molar refractivity (Wildman–Crippen MR) is 87.9 cm³/mol. The lowest BCUT2D eigenvalue weighted by atomic mass is 10.1. The van der Waals surface area contributed by atoms with Crippen LogP contribution in [0.5, 0.6) is 0 Å². The molecule has 0 unspecified atom stereocenters. The van der Waals surface area contributed by atoms with Gasteiger partial charge in [0.15, 0.2) is 0 Å². The van der Waals surface area contributed by atoms with Crippen molar-refractivity contribution < 1.29 is 4.79 Å². The minimum atomic E-state index is 0.121. The first-order valence-electron chi connectivity index (χ1n) is 8.14. The maximum absolute atomic E-state index is 12.4. The summed E-state index contributed by atoms with van der Waals surface area (Å²) in [5.74, 6) is 0.121. The van der Waals surface area contributed by atoms with Crippen LogP contribution in [-0.4, -0.2) is 72.2 Å². The first kappa shape index (κ1) is 15.2. The molecule has 2 aliphatic heterocycles. The summed E-state index contributed by atoms with van der Waals surface area (Å²) in [4.78, 5) is 17.1. The Balaban J connectivity index is 1.54. The molecule has 0 spiro atoms. The van der Waals surface area contributed by atoms with Crippen molar-refractivity contribution in [2.45, 2.75) is 13.3 Å². The Labute approximate surface area is 132 Å². The Bertz CT molecular complexity index is 535. The highest BCUT2D eigenvalue weighted by Crippen LogP contribution is 2.14. The van der Waals surface area contributed by atoms with Gasteiger partial charge in [-0.2, -0.15) is 5.10 Å². The highest BCUT2D eigenvalue weighted by molar-refractivity contribution is 6.02. The summed E-state index contributed by atoms with van der Waals surface area (Å²) in [6.07, 6.45) is 0.847. The molecule has 2 aliphatic rings. The Morgan fingerprint density at radius 1 is 1.05 bits per heavy atom. The van der Waals surface area contributed by atoms with E-state index in [9.17, 15) is 4.79 Å². The largest absolute Gasteiger partial charge is 0.301 e. The molecule has 3 rings (SSSR count). The molecule has 1 amide bonds. The third-order valence-electron chi connectivity index (χ3n) is 4.47. The lowest BCUT2D eigenvalue weighted by molar-refractivity contribution is -0.132. The number of nitrogens with zero attached hydrogens (tertiary/aromatic N) is 4. The normalized spacial score (nSPS) is 20.2. The summed E-state index contributed by atoms with van der Waals surface area (Å²) >= 11 is 0. The number of hydrazone groups is 1. The molecule has 5 heteroatoms. The van der Waals surface area contributed by atoms with E-state index in [0.29, 0.717) is 13.1 Å². The molecule has 0 saturated carbocycles. The molecule has 0 bridgehead atoms. The van der Waals surface area contributed by atoms with Gasteiger partial charge in [-0.25, -0.2) is 5.01 Å². The molecule has 0 atom stereocenters. The average molecular weight is 300 g/mol. The van der Waals surface area contributed by atoms with Crippen molar-refractivity contribution >= 4 is 11.6 Å². The number of benzene rings is 1. The van der Waals surface area contributed by atoms with E-state index >= 15 is 0 Å². The second-order valence-electron chi connectivity index (χ2n) is 5.89. The fourth-order valence-electron chi connectivity index (χ4n) is 3.01. The summed E-state index contributed by atoms with van der Waals surface area (Å²) < 4.78 is 0. The molecule has 0 aromatic heterocycles. The number of hydrogen-bond acceptors (Lipinski definition) is 4. The smallest absolute Gasteiger partial charge is 0.256 e. The van der Waals surface area contributed by atoms with Gasteiger partial charge >= 0.3 is 0 Å². The van der Waals surface area contributed by atoms with Gasteiger partial charge in [-0.15, -0.1) is 0 Å². The number of rotatable bonds is 4. The Morgan fingerprint density at radius 3 is 2.41 bits per heavy atom. The Hall–Kier alpha value is -1.72. The van der Waals surface area contributed by atoms with Crippen molar-refractivity contribution in [3.63, 3.8) is 0 Å². The molecule has 1 aromatic rings. The molecule has 118 valence electrons. The van der Waals surface area contributed by atoms with Gasteiger partial charge in [0.05, 0.1) is 18.8 Å². The third-order valence-corrected chi connectivity index (χ3v) is 4.47. The standard InChI is InChI=1S/C17H24N4O/c1-2-19-10-12-20(13-11-19)14-17(22)21-9-8-16(18-21)15-6-4-3-5-7-15/h3-7H,2,8-14H2,1H3. The van der Waals surface area contributed by atoms with Crippen LogP contribution >= 0.6 is 0 Å². The summed E-state index contributed by atoms with van der Waals surface area (Å²) in [7, 11) is 0. The quantitative estimate of drug-likeness (QED) is 0.840. The Kier molecular flexibility index (Phi) is 4.85. The first-order valence-corrected chi connectivity index (χ1v) is 8.14. The molecule has 1 fully saturated rings. The van der Waals surface area contributed by atoms with Gasteiger partial charge in [0, 0.05) is 32.6 Å². The van der Waals surface area contributed by atoms with E-state index in [-0.39, 0.29) is 5.91 Å². The number of hydrogen-bond donors (Lipinski definition) is 0. The molecular weight excluding hydrogens is 276 g/mol. The highest BCUT2D eigenvalue weighted by Gasteiger charge is 2.24. The van der Waals surface area contributed by atoms with Crippen molar-refractivity contribution in [3.8, 4) is 0 Å². The van der Waals surface area contributed by atoms with E-state index in [0.717, 1.165) is 50.4 Å². The Morgan fingerprint density at radius 2 is 1.73 bits per heavy atom. The van der Waals surface area contributed by atoms with Crippen LogP contribution in [-0.2, 0) is 4.79 Å². The number of carbonyl (C=O) groups excluding carboxylic acids is 1. The van der Waals surface area contributed by atoms with E-state index in [1.165, 1.54) is 0 Å². The monoisotopic (exact) mass is 300 g/mol. The molecular formula is C17H24N4O. The van der Waals surface area contributed by atoms with Crippen LogP contribution in [0.1, 0.15) is 18.9 Å². The lowest BCUT2D eigenvalue weighted by Crippen LogP contribution is -2.49. The minimum absolute atomic E-state index is 0.121. The second kappa shape index (κ2) is 7.03. The molecule has 0 N–H and O–H groups in total. The molecule has 1 saturated heterocycles. The van der Waals surface area contributed by atoms with Gasteiger partial charge in [0.1, 0.15) is 0 Å². The molecule has 1 aromatic carbocycles. The zero-order valence-corrected chi connectivity index (χ0v) is 13.2. The van der Waals surface area contributed by atoms with Crippen molar-refractivity contribution in [1.29, 1.82) is 0 Å². The zero-order valence-electron chi connectivity index (χ0n) is 13.2. The van der Waals surface area contributed by atoms with Crippen molar-refractivity contribution in [1.82, 2.24) is 14.8 Å². The van der Waals surface area contributed by atoms with Crippen LogP contribution in [0.25, 0.3) is 0 Å². The van der Waals surface area contributed by atoms with Gasteiger partial charge in [0.25, 0.3) is 5.91 Å². The van der Waals surface area contributed by atoms with E-state index < -0.39 is 0 Å². The van der Waals surface area contributed by atoms with E-state index in [4.69, 9.17) is 0 Å². The van der Waals surface area contributed by atoms with E-state index in [1.807, 2.05) is 18.2 Å². The second-order valence-corrected chi connectivity index (χ2v) is 5.89. The lowest BCUT2D eigenvalue weighted by Gasteiger charge is -2.33. The van der Waals surface area contributed by atoms with E-state index in [1.54, 1.807) is 5.01 Å². The predicted octanol–water partition coefficient (Wildman–Crippen LogP) is 1.26. The van der Waals surface area contributed by atoms with Crippen LogP contribution in [0.2, 0.25) is 0 Å². The van der Waals surface area contributed by atoms with Gasteiger partial charge < -0.3 is 4.90 Å². The summed E-state index contributed by atoms with van der Waals surface area (Å²) in [6.45, 7) is 8.54. The zero-order chi connectivity index (χ0) is 15.4. The van der Waals surface area contributed by atoms with E-state index in [2.05, 4.69) is 34.0 Å². The van der Waals surface area contributed by atoms with Crippen LogP contribution in [0.15, 0.2) is 35.4 Å². The van der Waals surface area contributed by atoms with Crippen molar-refractivity contribution in [3.05, 3.63) is 35.9 Å². The topological polar surface area (TPSA) is 39.1 Å². The molecule has 0 radical (unpaired) electrons. The highest BCUT2D eigenvalue weighted by atomic mass is 16.2. The molecule has 0 aliphatic carbocycles. The van der Waals surface area contributed by atoms with Crippen LogP contribution in [0, 0.1) is 0 Å². The van der Waals surface area contributed by atoms with Gasteiger partial charge in [-0.1, -0.05) is 37.3 Å². The maximum atomic E-state index is 12.4. The van der Waals surface area contributed by atoms with Crippen LogP contribution in [0.3, 0.4) is 0 Å². The van der Waals surface area contributed by atoms with Crippen molar-refractivity contribution in [2.24, 2.45) is 5.10 Å². The van der Waals surface area contributed by atoms with Crippen LogP contribution < -0.4 is 0 Å². The number of piperazine rings is 1. The average Bonchev–Trinajstić information content (AvgIpc) is 3.06. The maximum Gasteiger partial charge on any atom is 0.256 e. The van der Waals surface area contributed by atoms with Crippen molar-refractivity contribution in [2.75, 3.05) is 45.8 Å². The summed E-state index contributed by atoms with van der Waals surface area (Å²) in [5.41, 5.74) is 2.14. The van der Waals surface area contributed by atoms with Crippen LogP contribution in [0.4, 0.5) is 0 Å². The number of carbonyl (C=O) groups is 1.